The van der Waals surface area contributed by atoms with Crippen LogP contribution in [0.4, 0.5) is 0 Å². The number of aromatic nitrogens is 1. The Hall–Kier alpha value is -1.76. The zero-order chi connectivity index (χ0) is 15.3. The molecule has 6 heteroatoms. The van der Waals surface area contributed by atoms with Crippen LogP contribution in [0.3, 0.4) is 0 Å². The van der Waals surface area contributed by atoms with Crippen LogP contribution in [0.15, 0.2) is 53.6 Å². The zero-order valence-corrected chi connectivity index (χ0v) is 12.8. The Kier molecular flexibility index (Phi) is 5.06. The Morgan fingerprint density at radius 3 is 2.52 bits per heavy atom. The average Bonchev–Trinajstić information content (AvgIpc) is 2.53. The van der Waals surface area contributed by atoms with Crippen molar-refractivity contribution in [1.82, 2.24) is 9.29 Å². The van der Waals surface area contributed by atoms with Crippen molar-refractivity contribution in [3.8, 4) is 0 Å². The molecule has 0 fully saturated rings. The van der Waals surface area contributed by atoms with Gasteiger partial charge in [-0.3, -0.25) is 4.98 Å². The van der Waals surface area contributed by atoms with Crippen LogP contribution in [0, 0.1) is 0 Å². The first-order valence-electron chi connectivity index (χ1n) is 6.70. The number of rotatable bonds is 6. The normalized spacial score (nSPS) is 11.8. The molecule has 0 saturated carbocycles. The van der Waals surface area contributed by atoms with Crippen molar-refractivity contribution >= 4 is 10.0 Å². The van der Waals surface area contributed by atoms with Gasteiger partial charge in [0, 0.05) is 38.4 Å². The van der Waals surface area contributed by atoms with Gasteiger partial charge in [0.2, 0.25) is 10.0 Å². The molecule has 5 nitrogen and oxygen atoms in total. The highest BCUT2D eigenvalue weighted by Gasteiger charge is 2.22. The third kappa shape index (κ3) is 3.66. The molecule has 2 N–H and O–H groups in total. The Labute approximate surface area is 125 Å². The molecule has 0 saturated heterocycles. The number of nitrogens with two attached hydrogens (primary N) is 1. The second-order valence-electron chi connectivity index (χ2n) is 4.71. The minimum Gasteiger partial charge on any atom is -0.326 e. The Morgan fingerprint density at radius 2 is 1.86 bits per heavy atom. The number of likely N-dealkylation sites (N-methyl/N-ethyl adjacent to an activating group) is 1. The standard InChI is InChI=1S/C15H19N3O2S/c1-18(11-9-14-7-4-5-10-17-14)21(19,20)15-8-3-2-6-13(15)12-16/h2-8,10H,9,11-12,16H2,1H3. The summed E-state index contributed by atoms with van der Waals surface area (Å²) < 4.78 is 26.5. The van der Waals surface area contributed by atoms with E-state index in [4.69, 9.17) is 5.73 Å². The van der Waals surface area contributed by atoms with Crippen LogP contribution in [0.25, 0.3) is 0 Å². The smallest absolute Gasteiger partial charge is 0.243 e. The van der Waals surface area contributed by atoms with Gasteiger partial charge in [0.15, 0.2) is 0 Å². The summed E-state index contributed by atoms with van der Waals surface area (Å²) in [5, 5.41) is 0. The summed E-state index contributed by atoms with van der Waals surface area (Å²) in [6, 6.07) is 12.4. The fraction of sp³-hybridized carbons (Fsp3) is 0.267. The van der Waals surface area contributed by atoms with Crippen LogP contribution in [0.5, 0.6) is 0 Å². The van der Waals surface area contributed by atoms with Crippen LogP contribution in [0.1, 0.15) is 11.3 Å². The number of hydrogen-bond acceptors (Lipinski definition) is 4. The highest BCUT2D eigenvalue weighted by molar-refractivity contribution is 7.89. The first-order chi connectivity index (χ1) is 10.1. The van der Waals surface area contributed by atoms with Crippen molar-refractivity contribution in [1.29, 1.82) is 0 Å². The summed E-state index contributed by atoms with van der Waals surface area (Å²) in [5.74, 6) is 0. The lowest BCUT2D eigenvalue weighted by molar-refractivity contribution is 0.470. The molecule has 21 heavy (non-hydrogen) atoms. The van der Waals surface area contributed by atoms with Crippen molar-refractivity contribution < 1.29 is 8.42 Å². The molecule has 0 aliphatic carbocycles. The molecule has 1 heterocycles. The van der Waals surface area contributed by atoms with E-state index >= 15 is 0 Å². The van der Waals surface area contributed by atoms with Crippen molar-refractivity contribution in [3.63, 3.8) is 0 Å². The highest BCUT2D eigenvalue weighted by Crippen LogP contribution is 2.19. The van der Waals surface area contributed by atoms with Gasteiger partial charge < -0.3 is 5.73 Å². The molecule has 112 valence electrons. The number of benzene rings is 1. The van der Waals surface area contributed by atoms with Crippen molar-refractivity contribution in [3.05, 3.63) is 59.9 Å². The molecule has 0 aliphatic rings. The molecule has 2 rings (SSSR count). The fourth-order valence-corrected chi connectivity index (χ4v) is 3.43. The maximum Gasteiger partial charge on any atom is 0.243 e. The molecule has 0 spiro atoms. The first-order valence-corrected chi connectivity index (χ1v) is 8.14. The van der Waals surface area contributed by atoms with Gasteiger partial charge in [-0.25, -0.2) is 12.7 Å². The second kappa shape index (κ2) is 6.80. The summed E-state index contributed by atoms with van der Waals surface area (Å²) in [6.45, 7) is 0.571. The van der Waals surface area contributed by atoms with Gasteiger partial charge in [0.1, 0.15) is 0 Å². The van der Waals surface area contributed by atoms with E-state index in [1.54, 1.807) is 37.5 Å². The largest absolute Gasteiger partial charge is 0.326 e. The maximum absolute atomic E-state index is 12.6. The lowest BCUT2D eigenvalue weighted by Crippen LogP contribution is -2.30. The van der Waals surface area contributed by atoms with Gasteiger partial charge >= 0.3 is 0 Å². The molecular formula is C15H19N3O2S. The molecule has 0 bridgehead atoms. The number of sulfonamides is 1. The van der Waals surface area contributed by atoms with E-state index in [-0.39, 0.29) is 11.4 Å². The molecule has 0 unspecified atom stereocenters. The van der Waals surface area contributed by atoms with Crippen LogP contribution < -0.4 is 5.73 Å². The Bertz CT molecular complexity index is 687. The van der Waals surface area contributed by atoms with E-state index in [2.05, 4.69) is 4.98 Å². The number of nitrogens with zero attached hydrogens (tertiary/aromatic N) is 2. The van der Waals surface area contributed by atoms with Crippen LogP contribution in [0.2, 0.25) is 0 Å². The van der Waals surface area contributed by atoms with Gasteiger partial charge in [-0.1, -0.05) is 24.3 Å². The first kappa shape index (κ1) is 15.6. The van der Waals surface area contributed by atoms with E-state index < -0.39 is 10.0 Å². The lowest BCUT2D eigenvalue weighted by Gasteiger charge is -2.18. The van der Waals surface area contributed by atoms with Gasteiger partial charge in [-0.2, -0.15) is 0 Å². The monoisotopic (exact) mass is 305 g/mol. The summed E-state index contributed by atoms with van der Waals surface area (Å²) in [5.41, 5.74) is 7.11. The van der Waals surface area contributed by atoms with Gasteiger partial charge in [0.05, 0.1) is 4.90 Å². The molecule has 2 aromatic rings. The van der Waals surface area contributed by atoms with Crippen LogP contribution in [-0.4, -0.2) is 31.3 Å². The molecule has 0 atom stereocenters. The topological polar surface area (TPSA) is 76.3 Å². The summed E-state index contributed by atoms with van der Waals surface area (Å²) >= 11 is 0. The third-order valence-corrected chi connectivity index (χ3v) is 5.25. The second-order valence-corrected chi connectivity index (χ2v) is 6.72. The predicted octanol–water partition coefficient (Wildman–Crippen LogP) is 1.40. The van der Waals surface area contributed by atoms with E-state index in [1.807, 2.05) is 18.2 Å². The molecule has 1 aromatic carbocycles. The van der Waals surface area contributed by atoms with Crippen molar-refractivity contribution in [2.24, 2.45) is 5.73 Å². The highest BCUT2D eigenvalue weighted by atomic mass is 32.2. The quantitative estimate of drug-likeness (QED) is 0.875. The maximum atomic E-state index is 12.6. The van der Waals surface area contributed by atoms with Gasteiger partial charge in [-0.15, -0.1) is 0 Å². The summed E-state index contributed by atoms with van der Waals surface area (Å²) in [6.07, 6.45) is 2.27. The molecular weight excluding hydrogens is 286 g/mol. The van der Waals surface area contributed by atoms with Gasteiger partial charge in [0.25, 0.3) is 0 Å². The van der Waals surface area contributed by atoms with Crippen LogP contribution in [-0.2, 0) is 23.0 Å². The fourth-order valence-electron chi connectivity index (χ4n) is 2.03. The van der Waals surface area contributed by atoms with E-state index in [0.29, 0.717) is 18.5 Å². The molecule has 0 aliphatic heterocycles. The minimum atomic E-state index is -3.53. The van der Waals surface area contributed by atoms with Gasteiger partial charge in [-0.05, 0) is 23.8 Å². The van der Waals surface area contributed by atoms with E-state index in [1.165, 1.54) is 4.31 Å². The SMILES string of the molecule is CN(CCc1ccccn1)S(=O)(=O)c1ccccc1CN. The zero-order valence-electron chi connectivity index (χ0n) is 11.9. The van der Waals surface area contributed by atoms with Crippen molar-refractivity contribution in [2.45, 2.75) is 17.9 Å². The Morgan fingerprint density at radius 1 is 1.14 bits per heavy atom. The summed E-state index contributed by atoms with van der Waals surface area (Å²) in [7, 11) is -1.95. The Balaban J connectivity index is 2.15. The third-order valence-electron chi connectivity index (χ3n) is 3.29. The molecule has 0 radical (unpaired) electrons. The molecule has 0 amide bonds. The number of hydrogen-bond donors (Lipinski definition) is 1. The minimum absolute atomic E-state index is 0.198. The van der Waals surface area contributed by atoms with E-state index in [0.717, 1.165) is 5.69 Å². The van der Waals surface area contributed by atoms with E-state index in [9.17, 15) is 8.42 Å². The lowest BCUT2D eigenvalue weighted by atomic mass is 10.2. The average molecular weight is 305 g/mol. The molecule has 1 aromatic heterocycles. The van der Waals surface area contributed by atoms with Crippen molar-refractivity contribution in [2.75, 3.05) is 13.6 Å². The number of pyridine rings is 1. The summed E-state index contributed by atoms with van der Waals surface area (Å²) in [4.78, 5) is 4.47. The predicted molar refractivity (Wildman–Crippen MR) is 82.1 cm³/mol. The van der Waals surface area contributed by atoms with Crippen LogP contribution >= 0.6 is 0 Å².